The molecule has 25 heavy (non-hydrogen) atoms. The van der Waals surface area contributed by atoms with E-state index in [1.54, 1.807) is 6.92 Å². The molecule has 0 N–H and O–H groups in total. The standard InChI is InChI=1S/C21H28O4/c1-11(22)13-7-8-14-19-15(10-18(25)21(13,14)3)20(2)12(9-16(19)23)5-4-6-17(20)24/h12-15,19H,4-10H2,1-3H3/t12-,13+,14-,15-,19+,20+,21+/m1/s1. The Balaban J connectivity index is 1.79. The van der Waals surface area contributed by atoms with Crippen molar-refractivity contribution in [3.63, 3.8) is 0 Å². The molecule has 4 heteroatoms. The monoisotopic (exact) mass is 344 g/mol. The van der Waals surface area contributed by atoms with Crippen molar-refractivity contribution in [2.75, 3.05) is 0 Å². The van der Waals surface area contributed by atoms with E-state index in [-0.39, 0.29) is 52.7 Å². The van der Waals surface area contributed by atoms with Crippen molar-refractivity contribution in [3.8, 4) is 0 Å². The largest absolute Gasteiger partial charge is 0.300 e. The van der Waals surface area contributed by atoms with E-state index in [1.165, 1.54) is 0 Å². The molecule has 0 aliphatic heterocycles. The Hall–Kier alpha value is -1.32. The summed E-state index contributed by atoms with van der Waals surface area (Å²) in [6.45, 7) is 5.51. The fourth-order valence-electron chi connectivity index (χ4n) is 7.15. The molecule has 4 saturated carbocycles. The van der Waals surface area contributed by atoms with E-state index in [4.69, 9.17) is 0 Å². The summed E-state index contributed by atoms with van der Waals surface area (Å²) in [5.74, 6) is 0.100. The van der Waals surface area contributed by atoms with Crippen LogP contribution >= 0.6 is 0 Å². The Morgan fingerprint density at radius 3 is 2.32 bits per heavy atom. The molecular formula is C21H28O4. The number of ketones is 4. The summed E-state index contributed by atoms with van der Waals surface area (Å²) in [5.41, 5.74) is -1.23. The van der Waals surface area contributed by atoms with Crippen molar-refractivity contribution in [1.29, 1.82) is 0 Å². The molecule has 7 atom stereocenters. The minimum Gasteiger partial charge on any atom is -0.300 e. The van der Waals surface area contributed by atoms with Crippen LogP contribution in [0, 0.1) is 40.4 Å². The molecule has 4 fully saturated rings. The van der Waals surface area contributed by atoms with E-state index < -0.39 is 10.8 Å². The molecule has 0 aromatic carbocycles. The highest BCUT2D eigenvalue weighted by Crippen LogP contribution is 2.64. The lowest BCUT2D eigenvalue weighted by Gasteiger charge is -2.57. The van der Waals surface area contributed by atoms with E-state index in [2.05, 4.69) is 0 Å². The highest BCUT2D eigenvalue weighted by atomic mass is 16.1. The fourth-order valence-corrected chi connectivity index (χ4v) is 7.15. The quantitative estimate of drug-likeness (QED) is 0.733. The highest BCUT2D eigenvalue weighted by Gasteiger charge is 2.67. The van der Waals surface area contributed by atoms with E-state index in [9.17, 15) is 19.2 Å². The summed E-state index contributed by atoms with van der Waals surface area (Å²) in [7, 11) is 0. The van der Waals surface area contributed by atoms with Gasteiger partial charge >= 0.3 is 0 Å². The average Bonchev–Trinajstić information content (AvgIpc) is 2.90. The maximum atomic E-state index is 13.2. The first-order chi connectivity index (χ1) is 11.7. The van der Waals surface area contributed by atoms with Crippen molar-refractivity contribution >= 4 is 23.1 Å². The molecule has 4 nitrogen and oxygen atoms in total. The molecule has 0 radical (unpaired) electrons. The number of carbonyl (C=O) groups is 4. The molecular weight excluding hydrogens is 316 g/mol. The first-order valence-corrected chi connectivity index (χ1v) is 9.82. The molecule has 4 aliphatic carbocycles. The number of hydrogen-bond acceptors (Lipinski definition) is 4. The van der Waals surface area contributed by atoms with Crippen molar-refractivity contribution in [2.45, 2.75) is 65.7 Å². The van der Waals surface area contributed by atoms with Gasteiger partial charge in [0.25, 0.3) is 0 Å². The Morgan fingerprint density at radius 1 is 0.920 bits per heavy atom. The lowest BCUT2D eigenvalue weighted by molar-refractivity contribution is -0.170. The predicted molar refractivity (Wildman–Crippen MR) is 91.7 cm³/mol. The maximum Gasteiger partial charge on any atom is 0.140 e. The molecule has 0 amide bonds. The van der Waals surface area contributed by atoms with Crippen LogP contribution in [0.4, 0.5) is 0 Å². The number of Topliss-reactive ketones (excluding diaryl/α,β-unsaturated/α-hetero) is 4. The van der Waals surface area contributed by atoms with Crippen molar-refractivity contribution < 1.29 is 19.2 Å². The number of rotatable bonds is 1. The summed E-state index contributed by atoms with van der Waals surface area (Å²) < 4.78 is 0. The van der Waals surface area contributed by atoms with Crippen LogP contribution in [0.15, 0.2) is 0 Å². The number of carbonyl (C=O) groups excluding carboxylic acids is 4. The van der Waals surface area contributed by atoms with Gasteiger partial charge in [-0.05, 0) is 50.4 Å². The van der Waals surface area contributed by atoms with Gasteiger partial charge in [0, 0.05) is 41.9 Å². The van der Waals surface area contributed by atoms with E-state index in [0.717, 1.165) is 19.3 Å². The zero-order valence-corrected chi connectivity index (χ0v) is 15.5. The molecule has 0 aromatic rings. The molecule has 0 aromatic heterocycles. The third kappa shape index (κ3) is 2.00. The Kier molecular flexibility index (Phi) is 3.66. The lowest BCUT2D eigenvalue weighted by Crippen LogP contribution is -2.61. The fraction of sp³-hybridized carbons (Fsp3) is 0.810. The van der Waals surface area contributed by atoms with E-state index >= 15 is 0 Å². The van der Waals surface area contributed by atoms with Crippen LogP contribution < -0.4 is 0 Å². The molecule has 0 saturated heterocycles. The second-order valence-electron chi connectivity index (χ2n) is 9.35. The van der Waals surface area contributed by atoms with Crippen LogP contribution in [0.1, 0.15) is 65.7 Å². The van der Waals surface area contributed by atoms with Crippen LogP contribution in [0.3, 0.4) is 0 Å². The van der Waals surface area contributed by atoms with E-state index in [0.29, 0.717) is 25.7 Å². The van der Waals surface area contributed by atoms with Crippen LogP contribution in [-0.2, 0) is 19.2 Å². The zero-order chi connectivity index (χ0) is 18.1. The van der Waals surface area contributed by atoms with Crippen LogP contribution in [0.5, 0.6) is 0 Å². The van der Waals surface area contributed by atoms with Crippen LogP contribution in [-0.4, -0.2) is 23.1 Å². The topological polar surface area (TPSA) is 68.3 Å². The average molecular weight is 344 g/mol. The van der Waals surface area contributed by atoms with Crippen LogP contribution in [0.2, 0.25) is 0 Å². The highest BCUT2D eigenvalue weighted by molar-refractivity contribution is 5.98. The third-order valence-electron chi connectivity index (χ3n) is 8.62. The van der Waals surface area contributed by atoms with Gasteiger partial charge in [0.05, 0.1) is 0 Å². The SMILES string of the molecule is CC(=O)[C@@H]1CC[C@@H]2[C@@H]3C(=O)C[C@H]4CCCC(=O)[C@]4(C)[C@@H]3CC(=O)[C@]21C. The number of hydrogen-bond donors (Lipinski definition) is 0. The molecule has 0 spiro atoms. The molecule has 4 aliphatic rings. The smallest absolute Gasteiger partial charge is 0.140 e. The van der Waals surface area contributed by atoms with E-state index in [1.807, 2.05) is 13.8 Å². The first kappa shape index (κ1) is 17.1. The van der Waals surface area contributed by atoms with Gasteiger partial charge in [-0.15, -0.1) is 0 Å². The van der Waals surface area contributed by atoms with Crippen molar-refractivity contribution in [1.82, 2.24) is 0 Å². The summed E-state index contributed by atoms with van der Waals surface area (Å²) in [5, 5.41) is 0. The van der Waals surface area contributed by atoms with Gasteiger partial charge in [-0.3, -0.25) is 19.2 Å². The minimum atomic E-state index is -0.705. The van der Waals surface area contributed by atoms with Gasteiger partial charge in [0.2, 0.25) is 0 Å². The van der Waals surface area contributed by atoms with Gasteiger partial charge in [0.15, 0.2) is 0 Å². The Labute approximate surface area is 149 Å². The molecule has 4 rings (SSSR count). The first-order valence-electron chi connectivity index (χ1n) is 9.82. The van der Waals surface area contributed by atoms with Crippen molar-refractivity contribution in [2.24, 2.45) is 40.4 Å². The van der Waals surface area contributed by atoms with Gasteiger partial charge in [-0.25, -0.2) is 0 Å². The summed E-state index contributed by atoms with van der Waals surface area (Å²) in [4.78, 5) is 51.3. The second-order valence-corrected chi connectivity index (χ2v) is 9.35. The van der Waals surface area contributed by atoms with Gasteiger partial charge in [-0.2, -0.15) is 0 Å². The summed E-state index contributed by atoms with van der Waals surface area (Å²) in [6.07, 6.45) is 4.60. The maximum absolute atomic E-state index is 13.2. The van der Waals surface area contributed by atoms with Gasteiger partial charge < -0.3 is 0 Å². The second kappa shape index (κ2) is 5.34. The number of fused-ring (bicyclic) bond motifs is 5. The Bertz CT molecular complexity index is 679. The third-order valence-corrected chi connectivity index (χ3v) is 8.62. The van der Waals surface area contributed by atoms with Crippen LogP contribution in [0.25, 0.3) is 0 Å². The summed E-state index contributed by atoms with van der Waals surface area (Å²) >= 11 is 0. The minimum absolute atomic E-state index is 0.0624. The van der Waals surface area contributed by atoms with Crippen molar-refractivity contribution in [3.05, 3.63) is 0 Å². The molecule has 0 unspecified atom stereocenters. The normalized spacial score (nSPS) is 49.4. The Morgan fingerprint density at radius 2 is 1.64 bits per heavy atom. The molecule has 0 heterocycles. The van der Waals surface area contributed by atoms with Gasteiger partial charge in [0.1, 0.15) is 23.1 Å². The molecule has 136 valence electrons. The molecule has 0 bridgehead atoms. The zero-order valence-electron chi connectivity index (χ0n) is 15.5. The predicted octanol–water partition coefficient (Wildman–Crippen LogP) is 3.16. The summed E-state index contributed by atoms with van der Waals surface area (Å²) in [6, 6.07) is 0. The van der Waals surface area contributed by atoms with Gasteiger partial charge in [-0.1, -0.05) is 13.8 Å². The lowest BCUT2D eigenvalue weighted by atomic mass is 9.44.